The molecule has 0 aliphatic carbocycles. The molecule has 2 aromatic rings. The molecule has 2 aliphatic rings. The fourth-order valence-corrected chi connectivity index (χ4v) is 6.01. The predicted octanol–water partition coefficient (Wildman–Crippen LogP) is -1.48. The monoisotopic (exact) mass is 662 g/mol. The third kappa shape index (κ3) is 6.91. The summed E-state index contributed by atoms with van der Waals surface area (Å²) < 4.78 is 1.60. The van der Waals surface area contributed by atoms with Gasteiger partial charge in [-0.15, -0.1) is 23.1 Å². The summed E-state index contributed by atoms with van der Waals surface area (Å²) in [6.07, 6.45) is 4.70. The molecule has 2 aromatic heterocycles. The molecule has 0 bridgehead atoms. The highest BCUT2D eigenvalue weighted by Gasteiger charge is 2.54. The molecule has 0 radical (unpaired) electrons. The first-order valence-electron chi connectivity index (χ1n) is 13.2. The van der Waals surface area contributed by atoms with E-state index < -0.39 is 46.5 Å². The Kier molecular flexibility index (Phi) is 9.78. The molecular weight excluding hydrogens is 630 g/mol. The van der Waals surface area contributed by atoms with Crippen molar-refractivity contribution in [2.45, 2.75) is 37.4 Å². The maximum Gasteiger partial charge on any atom is 0.352 e. The third-order valence-electron chi connectivity index (χ3n) is 6.57. The molecule has 12 N–H and O–H groups in total. The topological polar surface area (TPSA) is 291 Å². The van der Waals surface area contributed by atoms with E-state index in [0.29, 0.717) is 30.2 Å². The van der Waals surface area contributed by atoms with Crippen LogP contribution in [0.3, 0.4) is 0 Å². The first-order valence-corrected chi connectivity index (χ1v) is 15.2. The lowest BCUT2D eigenvalue weighted by Crippen LogP contribution is -2.71. The number of nitrogens with zero attached hydrogens (tertiary/aromatic N) is 5. The van der Waals surface area contributed by atoms with Crippen molar-refractivity contribution in [3.8, 4) is 0 Å². The zero-order valence-electron chi connectivity index (χ0n) is 24.1. The molecule has 0 spiro atoms. The summed E-state index contributed by atoms with van der Waals surface area (Å²) >= 11 is 2.26. The second kappa shape index (κ2) is 13.4. The van der Waals surface area contributed by atoms with Gasteiger partial charge in [-0.2, -0.15) is 0 Å². The number of carbonyl (C=O) groups is 4. The molecule has 1 saturated heterocycles. The average molecular weight is 663 g/mol. The largest absolute Gasteiger partial charge is 0.478 e. The van der Waals surface area contributed by atoms with Crippen LogP contribution >= 0.6 is 23.1 Å². The summed E-state index contributed by atoms with van der Waals surface area (Å²) in [4.78, 5) is 64.5. The summed E-state index contributed by atoms with van der Waals surface area (Å²) in [5.41, 5.74) is 21.7. The number of thiazole rings is 1. The number of hydrogen-bond donors (Lipinski definition) is 8. The van der Waals surface area contributed by atoms with Crippen LogP contribution in [0.5, 0.6) is 0 Å². The van der Waals surface area contributed by atoms with E-state index in [2.05, 4.69) is 25.8 Å². The number of carboxylic acid groups (broad SMARTS) is 2. The standard InChI is InChI=1S/C25H31N11O7S2/c1-25(2,23(41)42)43-34-13(12-9-45-24(29)32-12)19(37)33-15-20(38)36-16(22(39)40)11(8-44-21(15)36)4-3-7-35-10-31-17(27)14(18(35)28)30-6-5-26/h3-4,9-10,15,21H,5-8,26H2,1-2H3,(H9,27,28,29,30,32,33,34,37,39,40,41,42)/p+1/b4-3+/t15-,21-/m1/s1. The Morgan fingerprint density at radius 2 is 2.02 bits per heavy atom. The van der Waals surface area contributed by atoms with Crippen LogP contribution in [-0.2, 0) is 30.6 Å². The van der Waals surface area contributed by atoms with E-state index in [-0.39, 0.29) is 34.6 Å². The molecule has 2 atom stereocenters. The number of carbonyl (C=O) groups excluding carboxylic acids is 2. The smallest absolute Gasteiger partial charge is 0.352 e. The van der Waals surface area contributed by atoms with Crippen LogP contribution in [0.2, 0.25) is 0 Å². The van der Waals surface area contributed by atoms with E-state index >= 15 is 0 Å². The minimum absolute atomic E-state index is 0.00625. The van der Waals surface area contributed by atoms with Gasteiger partial charge in [0.25, 0.3) is 11.8 Å². The van der Waals surface area contributed by atoms with Gasteiger partial charge in [-0.1, -0.05) is 22.3 Å². The second-order valence-electron chi connectivity index (χ2n) is 10.1. The van der Waals surface area contributed by atoms with Gasteiger partial charge in [0.1, 0.15) is 22.8 Å². The molecule has 0 saturated carbocycles. The van der Waals surface area contributed by atoms with Crippen molar-refractivity contribution in [2.75, 3.05) is 41.4 Å². The van der Waals surface area contributed by atoms with Crippen molar-refractivity contribution in [1.82, 2.24) is 20.2 Å². The van der Waals surface area contributed by atoms with E-state index in [9.17, 15) is 29.4 Å². The van der Waals surface area contributed by atoms with Gasteiger partial charge in [0.05, 0.1) is 6.54 Å². The van der Waals surface area contributed by atoms with Gasteiger partial charge in [0.2, 0.25) is 23.6 Å². The van der Waals surface area contributed by atoms with E-state index in [4.69, 9.17) is 27.8 Å². The van der Waals surface area contributed by atoms with Crippen molar-refractivity contribution in [2.24, 2.45) is 10.9 Å². The maximum absolute atomic E-state index is 13.2. The molecule has 20 heteroatoms. The van der Waals surface area contributed by atoms with Crippen molar-refractivity contribution in [3.05, 3.63) is 40.8 Å². The lowest BCUT2D eigenvalue weighted by atomic mass is 10.0. The zero-order valence-corrected chi connectivity index (χ0v) is 25.7. The van der Waals surface area contributed by atoms with Gasteiger partial charge in [0.15, 0.2) is 16.5 Å². The molecule has 2 amide bonds. The quantitative estimate of drug-likeness (QED) is 0.0525. The third-order valence-corrected chi connectivity index (χ3v) is 8.55. The van der Waals surface area contributed by atoms with Gasteiger partial charge in [-0.3, -0.25) is 14.5 Å². The Balaban J connectivity index is 1.51. The number of aromatic nitrogens is 3. The van der Waals surface area contributed by atoms with Gasteiger partial charge in [-0.25, -0.2) is 19.1 Å². The summed E-state index contributed by atoms with van der Waals surface area (Å²) in [6, 6.07) is -1.10. The molecule has 1 fully saturated rings. The number of hydrogen-bond acceptors (Lipinski definition) is 15. The molecule has 240 valence electrons. The molecule has 2 aliphatic heterocycles. The molecule has 45 heavy (non-hydrogen) atoms. The highest BCUT2D eigenvalue weighted by molar-refractivity contribution is 8.00. The van der Waals surface area contributed by atoms with Gasteiger partial charge >= 0.3 is 11.9 Å². The number of nitrogens with one attached hydrogen (secondary N) is 2. The second-order valence-corrected chi connectivity index (χ2v) is 12.1. The minimum atomic E-state index is -1.78. The van der Waals surface area contributed by atoms with Crippen LogP contribution < -0.4 is 38.1 Å². The Hall–Kier alpha value is -4.95. The maximum atomic E-state index is 13.2. The van der Waals surface area contributed by atoms with Crippen molar-refractivity contribution in [3.63, 3.8) is 0 Å². The van der Waals surface area contributed by atoms with E-state index in [1.165, 1.54) is 37.3 Å². The predicted molar refractivity (Wildman–Crippen MR) is 165 cm³/mol. The van der Waals surface area contributed by atoms with Crippen LogP contribution in [0.4, 0.5) is 22.5 Å². The number of thioether (sulfide) groups is 1. The zero-order chi connectivity index (χ0) is 33.1. The average Bonchev–Trinajstić information content (AvgIpc) is 3.41. The minimum Gasteiger partial charge on any atom is -0.478 e. The highest BCUT2D eigenvalue weighted by Crippen LogP contribution is 2.40. The van der Waals surface area contributed by atoms with Gasteiger partial charge in [-0.05, 0) is 19.4 Å². The van der Waals surface area contributed by atoms with E-state index in [1.54, 1.807) is 16.7 Å². The number of carboxylic acids is 2. The summed E-state index contributed by atoms with van der Waals surface area (Å²) in [5, 5.41) is 29.4. The number of anilines is 4. The summed E-state index contributed by atoms with van der Waals surface area (Å²) in [7, 11) is 0. The highest BCUT2D eigenvalue weighted by atomic mass is 32.2. The lowest BCUT2D eigenvalue weighted by molar-refractivity contribution is -0.674. The van der Waals surface area contributed by atoms with Crippen LogP contribution in [0.1, 0.15) is 19.5 Å². The molecule has 0 unspecified atom stereocenters. The van der Waals surface area contributed by atoms with Crippen molar-refractivity contribution in [1.29, 1.82) is 0 Å². The number of nitrogens with two attached hydrogens (primary N) is 4. The SMILES string of the molecule is CC(C)(O/N=C(\C(=O)N[C@@H]1C(=O)N2C(C(=O)O)=C(/C=C/C[n+]3cnc(N)c(NCCN)c3N)CS[C@H]12)c1csc(N)n1)C(=O)O. The van der Waals surface area contributed by atoms with Crippen molar-refractivity contribution < 1.29 is 38.8 Å². The van der Waals surface area contributed by atoms with E-state index in [0.717, 1.165) is 16.2 Å². The lowest BCUT2D eigenvalue weighted by Gasteiger charge is -2.49. The number of aliphatic carboxylic acids is 2. The van der Waals surface area contributed by atoms with Crippen LogP contribution in [0.25, 0.3) is 0 Å². The first kappa shape index (κ1) is 33.0. The number of nitrogen functional groups attached to an aromatic ring is 3. The number of β-lactam (4-membered cyclic amide) rings is 1. The molecular formula is C25H32N11O7S2+. The van der Waals surface area contributed by atoms with E-state index in [1.807, 2.05) is 0 Å². The first-order chi connectivity index (χ1) is 21.3. The Morgan fingerprint density at radius 3 is 2.64 bits per heavy atom. The molecule has 18 nitrogen and oxygen atoms in total. The molecule has 0 aromatic carbocycles. The van der Waals surface area contributed by atoms with Crippen molar-refractivity contribution >= 4 is 75.0 Å². The normalized spacial score (nSPS) is 18.4. The number of amides is 2. The number of rotatable bonds is 13. The molecule has 4 rings (SSSR count). The van der Waals surface area contributed by atoms with Gasteiger partial charge in [0, 0.05) is 24.2 Å². The Labute approximate surface area is 264 Å². The fraction of sp³-hybridized carbons (Fsp3) is 0.360. The van der Waals surface area contributed by atoms with Crippen LogP contribution in [0, 0.1) is 0 Å². The Morgan fingerprint density at radius 1 is 1.29 bits per heavy atom. The summed E-state index contributed by atoms with van der Waals surface area (Å²) in [5.74, 6) is -3.48. The Bertz CT molecular complexity index is 1620. The van der Waals surface area contributed by atoms with Crippen LogP contribution in [0.15, 0.2) is 40.3 Å². The number of fused-ring (bicyclic) bond motifs is 1. The fourth-order valence-electron chi connectivity index (χ4n) is 4.15. The molecule has 4 heterocycles. The van der Waals surface area contributed by atoms with Crippen LogP contribution in [-0.4, -0.2) is 90.4 Å². The number of oxime groups is 1. The summed E-state index contributed by atoms with van der Waals surface area (Å²) in [6.45, 7) is 3.48. The number of allylic oxidation sites excluding steroid dienone is 2. The van der Waals surface area contributed by atoms with Gasteiger partial charge < -0.3 is 48.6 Å².